The Morgan fingerprint density at radius 3 is 2.72 bits per heavy atom. The van der Waals surface area contributed by atoms with Crippen LogP contribution < -0.4 is 5.32 Å². The zero-order valence-electron chi connectivity index (χ0n) is 13.6. The Kier molecular flexibility index (Phi) is 5.45. The van der Waals surface area contributed by atoms with Gasteiger partial charge < -0.3 is 5.32 Å². The molecule has 1 aromatic heterocycles. The van der Waals surface area contributed by atoms with Crippen LogP contribution in [-0.2, 0) is 4.79 Å². The van der Waals surface area contributed by atoms with Gasteiger partial charge in [-0.15, -0.1) is 10.2 Å². The number of hydrogen-bond donors (Lipinski definition) is 1. The third-order valence-corrected chi connectivity index (χ3v) is 4.52. The number of aromatic nitrogens is 3. The second-order valence-electron chi connectivity index (χ2n) is 5.42. The van der Waals surface area contributed by atoms with E-state index in [9.17, 15) is 9.18 Å². The fraction of sp³-hybridized carbons (Fsp3) is 0.167. The predicted octanol–water partition coefficient (Wildman–Crippen LogP) is 3.84. The molecule has 0 bridgehead atoms. The Labute approximate surface area is 149 Å². The highest BCUT2D eigenvalue weighted by Crippen LogP contribution is 2.22. The molecule has 0 unspecified atom stereocenters. The lowest BCUT2D eigenvalue weighted by molar-refractivity contribution is -0.115. The Morgan fingerprint density at radius 1 is 1.20 bits per heavy atom. The number of carbonyl (C=O) groups excluding carboxylic acids is 1. The van der Waals surface area contributed by atoms with E-state index >= 15 is 0 Å². The molecule has 25 heavy (non-hydrogen) atoms. The van der Waals surface area contributed by atoms with Gasteiger partial charge in [-0.2, -0.15) is 0 Å². The van der Waals surface area contributed by atoms with E-state index in [-0.39, 0.29) is 11.7 Å². The number of rotatable bonds is 6. The Morgan fingerprint density at radius 2 is 1.96 bits per heavy atom. The summed E-state index contributed by atoms with van der Waals surface area (Å²) in [5.74, 6) is 0.114. The number of thioether (sulfide) groups is 1. The summed E-state index contributed by atoms with van der Waals surface area (Å²) >= 11 is 1.47. The summed E-state index contributed by atoms with van der Waals surface area (Å²) in [5.41, 5.74) is 2.73. The number of nitrogens with zero attached hydrogens (tertiary/aromatic N) is 3. The molecule has 0 aliphatic carbocycles. The van der Waals surface area contributed by atoms with Crippen molar-refractivity contribution in [3.8, 4) is 5.69 Å². The van der Waals surface area contributed by atoms with E-state index in [1.165, 1.54) is 36.0 Å². The van der Waals surface area contributed by atoms with Gasteiger partial charge in [0.15, 0.2) is 5.16 Å². The first-order valence-corrected chi connectivity index (χ1v) is 8.76. The molecule has 1 amide bonds. The fourth-order valence-electron chi connectivity index (χ4n) is 2.31. The summed E-state index contributed by atoms with van der Waals surface area (Å²) in [6.45, 7) is 2.03. The molecule has 1 heterocycles. The molecule has 7 heteroatoms. The van der Waals surface area contributed by atoms with Gasteiger partial charge in [0.2, 0.25) is 5.91 Å². The number of aryl methyl sites for hydroxylation is 1. The quantitative estimate of drug-likeness (QED) is 0.682. The predicted molar refractivity (Wildman–Crippen MR) is 96.5 cm³/mol. The van der Waals surface area contributed by atoms with Crippen LogP contribution in [-0.4, -0.2) is 26.4 Å². The summed E-state index contributed by atoms with van der Waals surface area (Å²) in [6, 6.07) is 13.7. The van der Waals surface area contributed by atoms with Crippen LogP contribution in [0.3, 0.4) is 0 Å². The van der Waals surface area contributed by atoms with Crippen LogP contribution in [0.4, 0.5) is 10.1 Å². The monoisotopic (exact) mass is 356 g/mol. The lowest BCUT2D eigenvalue weighted by Crippen LogP contribution is -2.12. The number of nitrogens with one attached hydrogen (secondary N) is 1. The summed E-state index contributed by atoms with van der Waals surface area (Å²) < 4.78 is 14.8. The first-order chi connectivity index (χ1) is 12.1. The largest absolute Gasteiger partial charge is 0.326 e. The second kappa shape index (κ2) is 7.94. The fourth-order valence-corrected chi connectivity index (χ4v) is 3.17. The van der Waals surface area contributed by atoms with Crippen LogP contribution >= 0.6 is 11.8 Å². The topological polar surface area (TPSA) is 59.8 Å². The molecule has 3 rings (SSSR count). The molecular weight excluding hydrogens is 339 g/mol. The minimum atomic E-state index is -0.330. The van der Waals surface area contributed by atoms with Crippen LogP contribution in [0.5, 0.6) is 0 Å². The molecule has 3 aromatic rings. The molecule has 0 fully saturated rings. The number of halogens is 1. The van der Waals surface area contributed by atoms with Gasteiger partial charge in [-0.3, -0.25) is 9.36 Å². The van der Waals surface area contributed by atoms with Gasteiger partial charge in [0, 0.05) is 17.9 Å². The van der Waals surface area contributed by atoms with Crippen LogP contribution in [0.15, 0.2) is 60.0 Å². The second-order valence-corrected chi connectivity index (χ2v) is 6.49. The van der Waals surface area contributed by atoms with Crippen molar-refractivity contribution in [2.75, 3.05) is 11.1 Å². The van der Waals surface area contributed by atoms with E-state index in [4.69, 9.17) is 0 Å². The lowest BCUT2D eigenvalue weighted by Gasteiger charge is -2.09. The minimum Gasteiger partial charge on any atom is -0.326 e. The molecule has 0 saturated heterocycles. The molecule has 5 nitrogen and oxygen atoms in total. The highest BCUT2D eigenvalue weighted by atomic mass is 32.2. The number of carbonyl (C=O) groups is 1. The standard InChI is InChI=1S/C18H17FN4OS/c1-13-4-2-3-5-16(13)23-12-20-22-18(23)25-11-10-17(24)21-15-8-6-14(19)7-9-15/h2-9,12H,10-11H2,1H3,(H,21,24). The summed E-state index contributed by atoms with van der Waals surface area (Å²) in [5, 5.41) is 11.6. The van der Waals surface area contributed by atoms with E-state index in [0.29, 0.717) is 17.9 Å². The zero-order chi connectivity index (χ0) is 17.6. The first-order valence-electron chi connectivity index (χ1n) is 7.78. The molecule has 0 aliphatic rings. The highest BCUT2D eigenvalue weighted by Gasteiger charge is 2.10. The molecule has 128 valence electrons. The molecule has 0 spiro atoms. The molecular formula is C18H17FN4OS. The molecule has 0 aliphatic heterocycles. The maximum atomic E-state index is 12.9. The average Bonchev–Trinajstić information content (AvgIpc) is 3.06. The van der Waals surface area contributed by atoms with Gasteiger partial charge in [-0.05, 0) is 42.8 Å². The van der Waals surface area contributed by atoms with E-state index in [0.717, 1.165) is 16.4 Å². The van der Waals surface area contributed by atoms with E-state index in [1.54, 1.807) is 6.33 Å². The van der Waals surface area contributed by atoms with Gasteiger partial charge >= 0.3 is 0 Å². The van der Waals surface area contributed by atoms with Crippen molar-refractivity contribution in [3.63, 3.8) is 0 Å². The molecule has 0 radical (unpaired) electrons. The van der Waals surface area contributed by atoms with Crippen LogP contribution in [0.1, 0.15) is 12.0 Å². The van der Waals surface area contributed by atoms with E-state index < -0.39 is 0 Å². The van der Waals surface area contributed by atoms with Crippen LogP contribution in [0.25, 0.3) is 5.69 Å². The summed E-state index contributed by atoms with van der Waals surface area (Å²) in [4.78, 5) is 12.0. The molecule has 1 N–H and O–H groups in total. The third-order valence-electron chi connectivity index (χ3n) is 3.58. The van der Waals surface area contributed by atoms with Crippen molar-refractivity contribution in [1.29, 1.82) is 0 Å². The van der Waals surface area contributed by atoms with Gasteiger partial charge in [-0.1, -0.05) is 30.0 Å². The van der Waals surface area contributed by atoms with E-state index in [2.05, 4.69) is 15.5 Å². The maximum absolute atomic E-state index is 12.9. The minimum absolute atomic E-state index is 0.124. The number of anilines is 1. The van der Waals surface area contributed by atoms with Gasteiger partial charge in [0.1, 0.15) is 12.1 Å². The molecule has 0 saturated carbocycles. The first kappa shape index (κ1) is 17.2. The normalized spacial score (nSPS) is 10.6. The number of para-hydroxylation sites is 1. The van der Waals surface area contributed by atoms with Crippen molar-refractivity contribution in [1.82, 2.24) is 14.8 Å². The van der Waals surface area contributed by atoms with Crippen LogP contribution in [0, 0.1) is 12.7 Å². The highest BCUT2D eigenvalue weighted by molar-refractivity contribution is 7.99. The van der Waals surface area contributed by atoms with Crippen molar-refractivity contribution >= 4 is 23.4 Å². The lowest BCUT2D eigenvalue weighted by atomic mass is 10.2. The molecule has 2 aromatic carbocycles. The maximum Gasteiger partial charge on any atom is 0.225 e. The van der Waals surface area contributed by atoms with Crippen molar-refractivity contribution in [2.45, 2.75) is 18.5 Å². The smallest absolute Gasteiger partial charge is 0.225 e. The summed E-state index contributed by atoms with van der Waals surface area (Å²) in [6.07, 6.45) is 1.99. The Balaban J connectivity index is 1.56. The SMILES string of the molecule is Cc1ccccc1-n1cnnc1SCCC(=O)Nc1ccc(F)cc1. The van der Waals surface area contributed by atoms with Crippen molar-refractivity contribution in [3.05, 3.63) is 66.2 Å². The number of benzene rings is 2. The van der Waals surface area contributed by atoms with Crippen molar-refractivity contribution in [2.24, 2.45) is 0 Å². The van der Waals surface area contributed by atoms with Gasteiger partial charge in [0.25, 0.3) is 0 Å². The van der Waals surface area contributed by atoms with E-state index in [1.807, 2.05) is 35.8 Å². The van der Waals surface area contributed by atoms with Crippen molar-refractivity contribution < 1.29 is 9.18 Å². The average molecular weight is 356 g/mol. The number of amides is 1. The van der Waals surface area contributed by atoms with Crippen LogP contribution in [0.2, 0.25) is 0 Å². The number of hydrogen-bond acceptors (Lipinski definition) is 4. The zero-order valence-corrected chi connectivity index (χ0v) is 14.5. The van der Waals surface area contributed by atoms with Gasteiger partial charge in [0.05, 0.1) is 5.69 Å². The molecule has 0 atom stereocenters. The third kappa shape index (κ3) is 4.45. The van der Waals surface area contributed by atoms with Gasteiger partial charge in [-0.25, -0.2) is 4.39 Å². The summed E-state index contributed by atoms with van der Waals surface area (Å²) in [7, 11) is 0. The Hall–Kier alpha value is -2.67. The Bertz CT molecular complexity index is 864.